The minimum absolute atomic E-state index is 0.173. The smallest absolute Gasteiger partial charge is 0.410 e. The van der Waals surface area contributed by atoms with Crippen LogP contribution in [-0.4, -0.2) is 63.2 Å². The van der Waals surface area contributed by atoms with Gasteiger partial charge in [-0.1, -0.05) is 24.3 Å². The van der Waals surface area contributed by atoms with E-state index in [1.54, 1.807) is 62.1 Å². The van der Waals surface area contributed by atoms with Crippen molar-refractivity contribution in [2.24, 2.45) is 0 Å². The summed E-state index contributed by atoms with van der Waals surface area (Å²) in [6.45, 7) is 6.55. The number of amides is 1. The van der Waals surface area contributed by atoms with Gasteiger partial charge >= 0.3 is 6.09 Å². The highest BCUT2D eigenvalue weighted by Gasteiger charge is 2.48. The number of benzene rings is 2. The molecule has 1 saturated heterocycles. The van der Waals surface area contributed by atoms with Gasteiger partial charge in [-0.25, -0.2) is 9.18 Å². The molecule has 0 spiro atoms. The molecule has 1 aliphatic rings. The van der Waals surface area contributed by atoms with Crippen molar-refractivity contribution in [3.63, 3.8) is 0 Å². The number of aliphatic hydroxyl groups is 2. The lowest BCUT2D eigenvalue weighted by atomic mass is 9.91. The van der Waals surface area contributed by atoms with E-state index in [9.17, 15) is 19.4 Å². The molecule has 8 heteroatoms. The lowest BCUT2D eigenvalue weighted by molar-refractivity contribution is -0.193. The topological polar surface area (TPSA) is 97.0 Å². The van der Waals surface area contributed by atoms with E-state index < -0.39 is 35.9 Å². The third-order valence-electron chi connectivity index (χ3n) is 5.69. The molecule has 1 amide bonds. The fourth-order valence-corrected chi connectivity index (χ4v) is 4.06. The standard InChI is InChI=1S/C25H30FN3O4/c1-17-14-29(25(32,16-30)15-28(17)23(31)33-24(2,3)4)22(20-9-11-21(26)12-10-20)19-7-5-18(13-27)6-8-19/h5-12,17,22,30,32H,14-16H2,1-4H3/t17-,22?,25?/m0/s1. The number of β-amino-alcohol motifs (C(OH)–C–C–N with tert-alkyl or cyclic N) is 1. The highest BCUT2D eigenvalue weighted by molar-refractivity contribution is 5.69. The van der Waals surface area contributed by atoms with Gasteiger partial charge in [-0.05, 0) is 63.1 Å². The van der Waals surface area contributed by atoms with E-state index >= 15 is 0 Å². The van der Waals surface area contributed by atoms with Crippen molar-refractivity contribution in [3.8, 4) is 6.07 Å². The van der Waals surface area contributed by atoms with Crippen LogP contribution in [-0.2, 0) is 4.74 Å². The summed E-state index contributed by atoms with van der Waals surface area (Å²) in [5.74, 6) is -0.391. The van der Waals surface area contributed by atoms with Gasteiger partial charge in [0.1, 0.15) is 11.4 Å². The van der Waals surface area contributed by atoms with Gasteiger partial charge in [0.25, 0.3) is 0 Å². The zero-order valence-electron chi connectivity index (χ0n) is 19.3. The summed E-state index contributed by atoms with van der Waals surface area (Å²) in [7, 11) is 0. The zero-order chi connectivity index (χ0) is 24.4. The van der Waals surface area contributed by atoms with Gasteiger partial charge in [-0.2, -0.15) is 5.26 Å². The molecule has 3 rings (SSSR count). The van der Waals surface area contributed by atoms with Crippen LogP contribution in [0.15, 0.2) is 48.5 Å². The first kappa shape index (κ1) is 24.6. The molecule has 3 atom stereocenters. The quantitative estimate of drug-likeness (QED) is 0.733. The lowest BCUT2D eigenvalue weighted by Crippen LogP contribution is -2.68. The van der Waals surface area contributed by atoms with Crippen molar-refractivity contribution in [2.45, 2.75) is 51.1 Å². The van der Waals surface area contributed by atoms with Gasteiger partial charge in [0.05, 0.1) is 30.8 Å². The molecule has 2 aromatic rings. The molecular weight excluding hydrogens is 425 g/mol. The van der Waals surface area contributed by atoms with Gasteiger partial charge in [0.2, 0.25) is 0 Å². The summed E-state index contributed by atoms with van der Waals surface area (Å²) in [5, 5.41) is 30.9. The van der Waals surface area contributed by atoms with E-state index in [-0.39, 0.29) is 19.1 Å². The maximum absolute atomic E-state index is 13.7. The van der Waals surface area contributed by atoms with E-state index in [0.717, 1.165) is 5.56 Å². The summed E-state index contributed by atoms with van der Waals surface area (Å²) in [6.07, 6.45) is -0.571. The molecular formula is C25H30FN3O4. The molecule has 0 aromatic heterocycles. The third kappa shape index (κ3) is 5.50. The van der Waals surface area contributed by atoms with Gasteiger partial charge in [0.15, 0.2) is 5.72 Å². The second-order valence-corrected chi connectivity index (χ2v) is 9.44. The minimum Gasteiger partial charge on any atom is -0.444 e. The number of aliphatic hydroxyl groups excluding tert-OH is 1. The minimum atomic E-state index is -1.78. The molecule has 176 valence electrons. The molecule has 0 bridgehead atoms. The molecule has 0 aliphatic carbocycles. The van der Waals surface area contributed by atoms with Crippen LogP contribution in [0.1, 0.15) is 50.4 Å². The van der Waals surface area contributed by atoms with Crippen LogP contribution in [0, 0.1) is 17.1 Å². The number of hydrogen-bond acceptors (Lipinski definition) is 6. The van der Waals surface area contributed by atoms with Crippen molar-refractivity contribution < 1.29 is 24.1 Å². The Labute approximate surface area is 193 Å². The molecule has 1 aliphatic heterocycles. The third-order valence-corrected chi connectivity index (χ3v) is 5.69. The number of piperazine rings is 1. The number of rotatable bonds is 4. The molecule has 2 unspecified atom stereocenters. The highest BCUT2D eigenvalue weighted by Crippen LogP contribution is 2.37. The van der Waals surface area contributed by atoms with E-state index in [2.05, 4.69) is 6.07 Å². The number of carbonyl (C=O) groups excluding carboxylic acids is 1. The van der Waals surface area contributed by atoms with Gasteiger partial charge < -0.3 is 14.9 Å². The highest BCUT2D eigenvalue weighted by atomic mass is 19.1. The molecule has 7 nitrogen and oxygen atoms in total. The van der Waals surface area contributed by atoms with Crippen LogP contribution in [0.4, 0.5) is 9.18 Å². The fourth-order valence-electron chi connectivity index (χ4n) is 4.06. The first-order valence-corrected chi connectivity index (χ1v) is 10.8. The predicted octanol–water partition coefficient (Wildman–Crippen LogP) is 3.41. The SMILES string of the molecule is C[C@H]1CN(C(c2ccc(F)cc2)c2ccc(C#N)cc2)C(O)(CO)CN1C(=O)OC(C)(C)C. The molecule has 1 fully saturated rings. The van der Waals surface area contributed by atoms with E-state index in [1.807, 2.05) is 6.92 Å². The summed E-state index contributed by atoms with van der Waals surface area (Å²) in [4.78, 5) is 15.9. The maximum Gasteiger partial charge on any atom is 0.410 e. The molecule has 2 aromatic carbocycles. The van der Waals surface area contributed by atoms with Crippen molar-refractivity contribution in [1.82, 2.24) is 9.80 Å². The Bertz CT molecular complexity index is 1010. The first-order chi connectivity index (χ1) is 15.5. The Morgan fingerprint density at radius 1 is 1.21 bits per heavy atom. The number of nitrogens with zero attached hydrogens (tertiary/aromatic N) is 3. The van der Waals surface area contributed by atoms with Crippen LogP contribution >= 0.6 is 0 Å². The van der Waals surface area contributed by atoms with Crippen LogP contribution in [0.2, 0.25) is 0 Å². The predicted molar refractivity (Wildman–Crippen MR) is 121 cm³/mol. The van der Waals surface area contributed by atoms with Crippen LogP contribution < -0.4 is 0 Å². The average molecular weight is 456 g/mol. The Hall–Kier alpha value is -2.99. The van der Waals surface area contributed by atoms with E-state index in [4.69, 9.17) is 10.00 Å². The fraction of sp³-hybridized carbons (Fsp3) is 0.440. The summed E-state index contributed by atoms with van der Waals surface area (Å²) >= 11 is 0. The Morgan fingerprint density at radius 3 is 2.24 bits per heavy atom. The van der Waals surface area contributed by atoms with E-state index in [0.29, 0.717) is 11.1 Å². The number of hydrogen-bond donors (Lipinski definition) is 2. The molecule has 0 radical (unpaired) electrons. The normalized spacial score (nSPS) is 22.5. The zero-order valence-corrected chi connectivity index (χ0v) is 19.3. The molecule has 33 heavy (non-hydrogen) atoms. The summed E-state index contributed by atoms with van der Waals surface area (Å²) in [6, 6.07) is 14.0. The van der Waals surface area contributed by atoms with Gasteiger partial charge in [-0.15, -0.1) is 0 Å². The largest absolute Gasteiger partial charge is 0.444 e. The van der Waals surface area contributed by atoms with Crippen molar-refractivity contribution in [3.05, 3.63) is 71.0 Å². The van der Waals surface area contributed by atoms with E-state index in [1.165, 1.54) is 17.0 Å². The van der Waals surface area contributed by atoms with Crippen molar-refractivity contribution in [2.75, 3.05) is 19.7 Å². The average Bonchev–Trinajstić information content (AvgIpc) is 2.76. The maximum atomic E-state index is 13.7. The Balaban J connectivity index is 2.02. The van der Waals surface area contributed by atoms with Gasteiger partial charge in [-0.3, -0.25) is 9.80 Å². The van der Waals surface area contributed by atoms with Crippen LogP contribution in [0.25, 0.3) is 0 Å². The van der Waals surface area contributed by atoms with Crippen molar-refractivity contribution >= 4 is 6.09 Å². The number of nitriles is 1. The number of carbonyl (C=O) groups is 1. The summed E-state index contributed by atoms with van der Waals surface area (Å²) < 4.78 is 19.1. The number of halogens is 1. The Kier molecular flexibility index (Phi) is 7.08. The first-order valence-electron chi connectivity index (χ1n) is 10.8. The monoisotopic (exact) mass is 455 g/mol. The summed E-state index contributed by atoms with van der Waals surface area (Å²) in [5.41, 5.74) is -0.547. The van der Waals surface area contributed by atoms with Crippen molar-refractivity contribution in [1.29, 1.82) is 5.26 Å². The lowest BCUT2D eigenvalue weighted by Gasteiger charge is -2.52. The van der Waals surface area contributed by atoms with Crippen LogP contribution in [0.3, 0.4) is 0 Å². The second-order valence-electron chi connectivity index (χ2n) is 9.44. The van der Waals surface area contributed by atoms with Crippen LogP contribution in [0.5, 0.6) is 0 Å². The molecule has 1 heterocycles. The molecule has 2 N–H and O–H groups in total. The van der Waals surface area contributed by atoms with Gasteiger partial charge in [0, 0.05) is 12.6 Å². The second kappa shape index (κ2) is 9.48. The molecule has 0 saturated carbocycles. The Morgan fingerprint density at radius 2 is 1.76 bits per heavy atom. The number of ether oxygens (including phenoxy) is 1.